The lowest BCUT2D eigenvalue weighted by Crippen LogP contribution is -2.22. The zero-order valence-electron chi connectivity index (χ0n) is 11.5. The van der Waals surface area contributed by atoms with E-state index < -0.39 is 10.0 Å². The first-order valence-corrected chi connectivity index (χ1v) is 7.11. The van der Waals surface area contributed by atoms with E-state index in [1.54, 1.807) is 13.0 Å². The van der Waals surface area contributed by atoms with Crippen LogP contribution in [0.1, 0.15) is 11.1 Å². The van der Waals surface area contributed by atoms with Crippen LogP contribution in [-0.4, -0.2) is 32.7 Å². The molecule has 1 N–H and O–H groups in total. The molecule has 0 aliphatic carbocycles. The molecular weight excluding hydrogens is 264 g/mol. The first-order valence-electron chi connectivity index (χ1n) is 5.67. The molecule has 0 unspecified atom stereocenters. The minimum absolute atomic E-state index is 0.153. The summed E-state index contributed by atoms with van der Waals surface area (Å²) in [6.07, 6.45) is 1.14. The standard InChI is InChI=1S/C13H18N2O3S/c1-6-13(16)14-12-8-11(7-9(2)10(12)3)19(17,18)15(4)5/h6-8H,1H2,2-5H3,(H,14,16). The number of sulfonamides is 1. The van der Waals surface area contributed by atoms with Crippen LogP contribution in [0.25, 0.3) is 0 Å². The molecule has 0 saturated carbocycles. The number of nitrogens with one attached hydrogen (secondary N) is 1. The predicted molar refractivity (Wildman–Crippen MR) is 75.6 cm³/mol. The van der Waals surface area contributed by atoms with E-state index in [0.717, 1.165) is 21.5 Å². The van der Waals surface area contributed by atoms with Crippen LogP contribution in [0.2, 0.25) is 0 Å². The highest BCUT2D eigenvalue weighted by Gasteiger charge is 2.19. The summed E-state index contributed by atoms with van der Waals surface area (Å²) in [6.45, 7) is 6.99. The molecule has 0 aliphatic heterocycles. The second-order valence-corrected chi connectivity index (χ2v) is 6.55. The van der Waals surface area contributed by atoms with E-state index in [1.165, 1.54) is 20.2 Å². The Labute approximate surface area is 114 Å². The SMILES string of the molecule is C=CC(=O)Nc1cc(S(=O)(=O)N(C)C)cc(C)c1C. The lowest BCUT2D eigenvalue weighted by atomic mass is 10.1. The zero-order valence-corrected chi connectivity index (χ0v) is 12.3. The molecule has 104 valence electrons. The maximum absolute atomic E-state index is 12.1. The number of anilines is 1. The smallest absolute Gasteiger partial charge is 0.247 e. The van der Waals surface area contributed by atoms with Crippen molar-refractivity contribution in [2.45, 2.75) is 18.7 Å². The van der Waals surface area contributed by atoms with Crippen LogP contribution < -0.4 is 5.32 Å². The van der Waals surface area contributed by atoms with Gasteiger partial charge in [0.25, 0.3) is 0 Å². The van der Waals surface area contributed by atoms with Crippen molar-refractivity contribution in [3.8, 4) is 0 Å². The average Bonchev–Trinajstić information content (AvgIpc) is 2.33. The molecule has 6 heteroatoms. The fourth-order valence-corrected chi connectivity index (χ4v) is 2.51. The summed E-state index contributed by atoms with van der Waals surface area (Å²) >= 11 is 0. The normalized spacial score (nSPS) is 11.4. The summed E-state index contributed by atoms with van der Waals surface area (Å²) in [6, 6.07) is 3.05. The van der Waals surface area contributed by atoms with Crippen molar-refractivity contribution >= 4 is 21.6 Å². The Morgan fingerprint density at radius 1 is 1.32 bits per heavy atom. The van der Waals surface area contributed by atoms with Gasteiger partial charge in [0.2, 0.25) is 15.9 Å². The molecule has 0 heterocycles. The Morgan fingerprint density at radius 3 is 2.37 bits per heavy atom. The van der Waals surface area contributed by atoms with Crippen LogP contribution in [0.3, 0.4) is 0 Å². The zero-order chi connectivity index (χ0) is 14.8. The summed E-state index contributed by atoms with van der Waals surface area (Å²) in [5, 5.41) is 2.61. The monoisotopic (exact) mass is 282 g/mol. The number of nitrogens with zero attached hydrogens (tertiary/aromatic N) is 1. The largest absolute Gasteiger partial charge is 0.322 e. The van der Waals surface area contributed by atoms with Crippen LogP contribution in [-0.2, 0) is 14.8 Å². The molecule has 0 spiro atoms. The lowest BCUT2D eigenvalue weighted by Gasteiger charge is -2.16. The first kappa shape index (κ1) is 15.4. The van der Waals surface area contributed by atoms with Crippen LogP contribution in [0.15, 0.2) is 29.7 Å². The molecule has 0 radical (unpaired) electrons. The molecule has 1 aromatic carbocycles. The Morgan fingerprint density at radius 2 is 1.89 bits per heavy atom. The van der Waals surface area contributed by atoms with Gasteiger partial charge < -0.3 is 5.32 Å². The van der Waals surface area contributed by atoms with Crippen molar-refractivity contribution in [1.29, 1.82) is 0 Å². The van der Waals surface area contributed by atoms with E-state index in [4.69, 9.17) is 0 Å². The number of carbonyl (C=O) groups is 1. The highest BCUT2D eigenvalue weighted by molar-refractivity contribution is 7.89. The van der Waals surface area contributed by atoms with Gasteiger partial charge in [0.1, 0.15) is 0 Å². The van der Waals surface area contributed by atoms with Gasteiger partial charge in [0.15, 0.2) is 0 Å². The van der Waals surface area contributed by atoms with Gasteiger partial charge in [-0.1, -0.05) is 6.58 Å². The molecule has 0 saturated heterocycles. The van der Waals surface area contributed by atoms with E-state index >= 15 is 0 Å². The third-order valence-electron chi connectivity index (χ3n) is 2.86. The summed E-state index contributed by atoms with van der Waals surface area (Å²) in [5.41, 5.74) is 2.10. The van der Waals surface area contributed by atoms with Crippen molar-refractivity contribution in [3.05, 3.63) is 35.9 Å². The highest BCUT2D eigenvalue weighted by Crippen LogP contribution is 2.25. The minimum Gasteiger partial charge on any atom is -0.322 e. The molecule has 0 bridgehead atoms. The number of carbonyl (C=O) groups excluding carboxylic acids is 1. The molecule has 19 heavy (non-hydrogen) atoms. The fourth-order valence-electron chi connectivity index (χ4n) is 1.50. The number of rotatable bonds is 4. The van der Waals surface area contributed by atoms with Gasteiger partial charge in [-0.15, -0.1) is 0 Å². The molecule has 0 aromatic heterocycles. The van der Waals surface area contributed by atoms with Gasteiger partial charge in [-0.3, -0.25) is 4.79 Å². The molecule has 0 atom stereocenters. The number of hydrogen-bond acceptors (Lipinski definition) is 3. The van der Waals surface area contributed by atoms with Gasteiger partial charge in [0, 0.05) is 19.8 Å². The quantitative estimate of drug-likeness (QED) is 0.854. The van der Waals surface area contributed by atoms with Crippen molar-refractivity contribution in [2.75, 3.05) is 19.4 Å². The third-order valence-corrected chi connectivity index (χ3v) is 4.66. The molecule has 1 aromatic rings. The molecule has 0 aliphatic rings. The minimum atomic E-state index is -3.52. The van der Waals surface area contributed by atoms with Crippen LogP contribution in [0.5, 0.6) is 0 Å². The van der Waals surface area contributed by atoms with E-state index in [0.29, 0.717) is 5.69 Å². The van der Waals surface area contributed by atoms with Crippen molar-refractivity contribution < 1.29 is 13.2 Å². The van der Waals surface area contributed by atoms with Crippen LogP contribution in [0.4, 0.5) is 5.69 Å². The molecular formula is C13H18N2O3S. The Bertz CT molecular complexity index is 619. The van der Waals surface area contributed by atoms with Gasteiger partial charge in [-0.05, 0) is 43.2 Å². The molecule has 1 amide bonds. The third kappa shape index (κ3) is 3.21. The van der Waals surface area contributed by atoms with Gasteiger partial charge in [-0.2, -0.15) is 0 Å². The Balaban J connectivity index is 3.40. The second-order valence-electron chi connectivity index (χ2n) is 4.39. The molecule has 5 nitrogen and oxygen atoms in total. The predicted octanol–water partition coefficient (Wildman–Crippen LogP) is 1.68. The van der Waals surface area contributed by atoms with Crippen molar-refractivity contribution in [1.82, 2.24) is 4.31 Å². The summed E-state index contributed by atoms with van der Waals surface area (Å²) < 4.78 is 25.3. The molecule has 1 rings (SSSR count). The number of amides is 1. The maximum Gasteiger partial charge on any atom is 0.247 e. The van der Waals surface area contributed by atoms with E-state index in [2.05, 4.69) is 11.9 Å². The lowest BCUT2D eigenvalue weighted by molar-refractivity contribution is -0.111. The average molecular weight is 282 g/mol. The Hall–Kier alpha value is -1.66. The number of hydrogen-bond donors (Lipinski definition) is 1. The maximum atomic E-state index is 12.1. The van der Waals surface area contributed by atoms with Crippen molar-refractivity contribution in [3.63, 3.8) is 0 Å². The Kier molecular flexibility index (Phi) is 4.49. The summed E-state index contributed by atoms with van der Waals surface area (Å²) in [4.78, 5) is 11.5. The summed E-state index contributed by atoms with van der Waals surface area (Å²) in [5.74, 6) is -0.373. The van der Waals surface area contributed by atoms with Crippen molar-refractivity contribution in [2.24, 2.45) is 0 Å². The second kappa shape index (κ2) is 5.54. The van der Waals surface area contributed by atoms with Gasteiger partial charge in [-0.25, -0.2) is 12.7 Å². The summed E-state index contributed by atoms with van der Waals surface area (Å²) in [7, 11) is -0.595. The topological polar surface area (TPSA) is 66.5 Å². The van der Waals surface area contributed by atoms with Gasteiger partial charge >= 0.3 is 0 Å². The van der Waals surface area contributed by atoms with E-state index in [1.807, 2.05) is 6.92 Å². The van der Waals surface area contributed by atoms with Crippen LogP contribution >= 0.6 is 0 Å². The van der Waals surface area contributed by atoms with E-state index in [-0.39, 0.29) is 10.8 Å². The number of benzene rings is 1. The van der Waals surface area contributed by atoms with Gasteiger partial charge in [0.05, 0.1) is 4.90 Å². The number of aryl methyl sites for hydroxylation is 1. The first-order chi connectivity index (χ1) is 8.70. The fraction of sp³-hybridized carbons (Fsp3) is 0.308. The molecule has 0 fully saturated rings. The highest BCUT2D eigenvalue weighted by atomic mass is 32.2. The van der Waals surface area contributed by atoms with E-state index in [9.17, 15) is 13.2 Å². The van der Waals surface area contributed by atoms with Crippen LogP contribution in [0, 0.1) is 13.8 Å².